The zero-order chi connectivity index (χ0) is 42.6. The van der Waals surface area contributed by atoms with Crippen LogP contribution in [0.4, 0.5) is 4.39 Å². The van der Waals surface area contributed by atoms with Gasteiger partial charge in [-0.2, -0.15) is 0 Å². The number of hydrogen-bond acceptors (Lipinski definition) is 16. The number of Topliss-reactive ketones (excluding diaryl/α,β-unsaturated/α-hetero) is 1. The van der Waals surface area contributed by atoms with Crippen LogP contribution in [0.25, 0.3) is 0 Å². The molecular formula is C38H52FN3O16. The van der Waals surface area contributed by atoms with Gasteiger partial charge in [-0.3, -0.25) is 19.2 Å². The summed E-state index contributed by atoms with van der Waals surface area (Å²) in [6, 6.07) is -1.54. The van der Waals surface area contributed by atoms with E-state index in [0.717, 1.165) is 0 Å². The SMILES string of the molecule is CC1(C)O[C@@H]2CC3C4C[C@H](F)C5=CC(=O)C=C[C@]5(C)C4[C@@H](O)C[C@]3(C)[C@@]2(C(=O)COC(=O)CC(NC(=O)CCCCCO[N+](=O)[O-])C(=O)OCCCCO[N+](=O)[O-])O1. The number of esters is 2. The van der Waals surface area contributed by atoms with Gasteiger partial charge in [0.25, 0.3) is 10.2 Å². The highest BCUT2D eigenvalue weighted by Crippen LogP contribution is 2.70. The van der Waals surface area contributed by atoms with Crippen molar-refractivity contribution in [1.82, 2.24) is 5.32 Å². The molecule has 19 nitrogen and oxygen atoms in total. The molecule has 4 unspecified atom stereocenters. The van der Waals surface area contributed by atoms with Crippen LogP contribution in [0.1, 0.15) is 91.9 Å². The minimum Gasteiger partial charge on any atom is -0.464 e. The number of carbonyl (C=O) groups is 5. The first-order valence-corrected chi connectivity index (χ1v) is 19.6. The largest absolute Gasteiger partial charge is 0.464 e. The molecule has 3 saturated carbocycles. The summed E-state index contributed by atoms with van der Waals surface area (Å²) >= 11 is 0. The molecule has 1 aliphatic heterocycles. The molecule has 1 amide bonds. The fraction of sp³-hybridized carbons (Fsp3) is 0.763. The molecule has 58 heavy (non-hydrogen) atoms. The lowest BCUT2D eigenvalue weighted by Gasteiger charge is -2.60. The summed E-state index contributed by atoms with van der Waals surface area (Å²) in [5.41, 5.74) is -3.43. The van der Waals surface area contributed by atoms with E-state index in [0.29, 0.717) is 24.8 Å². The van der Waals surface area contributed by atoms with E-state index in [2.05, 4.69) is 15.0 Å². The molecular weight excluding hydrogens is 773 g/mol. The maximum atomic E-state index is 16.0. The van der Waals surface area contributed by atoms with Gasteiger partial charge in [-0.1, -0.05) is 26.3 Å². The lowest BCUT2D eigenvalue weighted by atomic mass is 9.46. The van der Waals surface area contributed by atoms with Gasteiger partial charge in [0, 0.05) is 23.2 Å². The Morgan fingerprint density at radius 2 is 1.64 bits per heavy atom. The Bertz CT molecular complexity index is 1700. The lowest BCUT2D eigenvalue weighted by molar-refractivity contribution is -0.757. The van der Waals surface area contributed by atoms with Gasteiger partial charge < -0.3 is 39.0 Å². The van der Waals surface area contributed by atoms with E-state index in [1.54, 1.807) is 19.9 Å². The van der Waals surface area contributed by atoms with Crippen molar-refractivity contribution in [2.24, 2.45) is 28.6 Å². The van der Waals surface area contributed by atoms with Crippen molar-refractivity contribution in [3.05, 3.63) is 44.0 Å². The van der Waals surface area contributed by atoms with Gasteiger partial charge in [-0.05, 0) is 88.4 Å². The minimum absolute atomic E-state index is 0.0196. The zero-order valence-corrected chi connectivity index (χ0v) is 33.0. The smallest absolute Gasteiger partial charge is 0.329 e. The molecule has 0 aromatic rings. The Kier molecular flexibility index (Phi) is 13.6. The summed E-state index contributed by atoms with van der Waals surface area (Å²) in [4.78, 5) is 95.0. The molecule has 10 atom stereocenters. The number of ether oxygens (including phenoxy) is 4. The highest BCUT2D eigenvalue weighted by Gasteiger charge is 2.77. The minimum atomic E-state index is -1.72. The van der Waals surface area contributed by atoms with Gasteiger partial charge in [-0.25, -0.2) is 9.18 Å². The normalized spacial score (nSPS) is 33.3. The number of amides is 1. The quantitative estimate of drug-likeness (QED) is 0.0774. The second kappa shape index (κ2) is 17.7. The third-order valence-corrected chi connectivity index (χ3v) is 12.5. The molecule has 5 rings (SSSR count). The van der Waals surface area contributed by atoms with E-state index < -0.39 is 105 Å². The standard InChI is InChI=1S/C38H52FN3O16/c1-35(2)57-30-18-24-23-17-26(39)25-16-22(43)11-12-36(25,3)33(23)28(44)20-37(24,4)38(30,58-35)29(45)21-54-32(47)19-27(34(48)53-13-8-9-15-56-42(51)52)40-31(46)10-6-5-7-14-55-41(49)50/h11-12,16,23-24,26-28,30,33,44H,5-10,13-15,17-21H2,1-4H3,(H,40,46)/t23?,24?,26-,27?,28-,30+,33?,36-,37-,38-/m0/s1. The molecule has 0 aromatic carbocycles. The van der Waals surface area contributed by atoms with Crippen molar-refractivity contribution in [3.63, 3.8) is 0 Å². The Labute approximate surface area is 333 Å². The summed E-state index contributed by atoms with van der Waals surface area (Å²) in [6.07, 6.45) is 1.88. The molecule has 5 aliphatic rings. The van der Waals surface area contributed by atoms with Gasteiger partial charge in [0.1, 0.15) is 12.2 Å². The number of carbonyl (C=O) groups excluding carboxylic acids is 5. The number of nitrogens with zero attached hydrogens (tertiary/aromatic N) is 2. The number of nitrogens with one attached hydrogen (secondary N) is 1. The van der Waals surface area contributed by atoms with Crippen molar-refractivity contribution >= 4 is 29.4 Å². The number of allylic oxidation sites excluding steroid dienone is 4. The van der Waals surface area contributed by atoms with Crippen LogP contribution in [0.15, 0.2) is 23.8 Å². The van der Waals surface area contributed by atoms with E-state index in [4.69, 9.17) is 18.9 Å². The average Bonchev–Trinajstić information content (AvgIpc) is 3.55. The molecule has 4 aliphatic carbocycles. The molecule has 0 spiro atoms. The number of aliphatic hydroxyl groups excluding tert-OH is 1. The Balaban J connectivity index is 1.27. The first kappa shape index (κ1) is 44.5. The van der Waals surface area contributed by atoms with E-state index in [9.17, 15) is 49.3 Å². The van der Waals surface area contributed by atoms with Crippen molar-refractivity contribution < 1.29 is 72.3 Å². The molecule has 322 valence electrons. The maximum absolute atomic E-state index is 16.0. The third kappa shape index (κ3) is 9.17. The average molecular weight is 826 g/mol. The van der Waals surface area contributed by atoms with Crippen LogP contribution in [-0.2, 0) is 52.6 Å². The monoisotopic (exact) mass is 825 g/mol. The highest BCUT2D eigenvalue weighted by molar-refractivity contribution is 6.01. The van der Waals surface area contributed by atoms with Crippen molar-refractivity contribution in [2.45, 2.75) is 128 Å². The molecule has 1 heterocycles. The van der Waals surface area contributed by atoms with Crippen LogP contribution in [-0.4, -0.2) is 107 Å². The van der Waals surface area contributed by atoms with Crippen molar-refractivity contribution in [1.29, 1.82) is 0 Å². The number of aliphatic hydroxyl groups is 1. The Morgan fingerprint density at radius 1 is 0.983 bits per heavy atom. The van der Waals surface area contributed by atoms with Crippen LogP contribution in [0.5, 0.6) is 0 Å². The number of unbranched alkanes of at least 4 members (excludes halogenated alkanes) is 3. The second-order valence-corrected chi connectivity index (χ2v) is 16.6. The van der Waals surface area contributed by atoms with Gasteiger partial charge >= 0.3 is 11.9 Å². The summed E-state index contributed by atoms with van der Waals surface area (Å²) in [5.74, 6) is -6.17. The number of alkyl halides is 1. The molecule has 0 aromatic heterocycles. The zero-order valence-electron chi connectivity index (χ0n) is 33.0. The first-order chi connectivity index (χ1) is 27.2. The molecule has 2 N–H and O–H groups in total. The molecule has 4 fully saturated rings. The van der Waals surface area contributed by atoms with Crippen LogP contribution in [0.2, 0.25) is 0 Å². The van der Waals surface area contributed by atoms with E-state index >= 15 is 4.39 Å². The number of rotatable bonds is 20. The maximum Gasteiger partial charge on any atom is 0.329 e. The first-order valence-electron chi connectivity index (χ1n) is 19.6. The molecule has 20 heteroatoms. The number of fused-ring (bicyclic) bond motifs is 7. The van der Waals surface area contributed by atoms with Crippen LogP contribution in [0.3, 0.4) is 0 Å². The number of halogens is 1. The topological polar surface area (TPSA) is 259 Å². The van der Waals surface area contributed by atoms with E-state index in [-0.39, 0.29) is 70.0 Å². The van der Waals surface area contributed by atoms with Crippen molar-refractivity contribution in [2.75, 3.05) is 26.4 Å². The molecule has 0 bridgehead atoms. The number of hydrogen-bond donors (Lipinski definition) is 2. The second-order valence-electron chi connectivity index (χ2n) is 16.6. The molecule has 1 saturated heterocycles. The van der Waals surface area contributed by atoms with E-state index in [1.807, 2.05) is 13.8 Å². The predicted molar refractivity (Wildman–Crippen MR) is 194 cm³/mol. The Morgan fingerprint density at radius 3 is 2.31 bits per heavy atom. The summed E-state index contributed by atoms with van der Waals surface area (Å²) < 4.78 is 39.4. The van der Waals surface area contributed by atoms with Gasteiger partial charge in [0.05, 0.1) is 38.4 Å². The van der Waals surface area contributed by atoms with Gasteiger partial charge in [-0.15, -0.1) is 20.2 Å². The van der Waals surface area contributed by atoms with E-state index in [1.165, 1.54) is 12.2 Å². The van der Waals surface area contributed by atoms with Crippen molar-refractivity contribution in [3.8, 4) is 0 Å². The van der Waals surface area contributed by atoms with Crippen LogP contribution < -0.4 is 5.32 Å². The van der Waals surface area contributed by atoms with Gasteiger partial charge in [0.2, 0.25) is 11.7 Å². The fourth-order valence-corrected chi connectivity index (χ4v) is 10.2. The van der Waals surface area contributed by atoms with Gasteiger partial charge in [0.15, 0.2) is 23.8 Å². The Hall–Kier alpha value is -4.56. The lowest BCUT2D eigenvalue weighted by Crippen LogP contribution is -2.64. The summed E-state index contributed by atoms with van der Waals surface area (Å²) in [7, 11) is 0. The predicted octanol–water partition coefficient (Wildman–Crippen LogP) is 3.00. The summed E-state index contributed by atoms with van der Waals surface area (Å²) in [6.45, 7) is 5.49. The summed E-state index contributed by atoms with van der Waals surface area (Å²) in [5, 5.41) is 33.1. The highest BCUT2D eigenvalue weighted by atomic mass is 19.1. The van der Waals surface area contributed by atoms with Crippen LogP contribution >= 0.6 is 0 Å². The third-order valence-electron chi connectivity index (χ3n) is 12.5. The van der Waals surface area contributed by atoms with Crippen LogP contribution in [0, 0.1) is 48.8 Å². The fourth-order valence-electron chi connectivity index (χ4n) is 10.2. The molecule has 0 radical (unpaired) electrons. The number of ketones is 2.